The molecule has 0 aliphatic heterocycles. The van der Waals surface area contributed by atoms with E-state index in [1.807, 2.05) is 39.0 Å². The Labute approximate surface area is 156 Å². The molecule has 1 aromatic rings. The number of nitrogens with zero attached hydrogens (tertiary/aromatic N) is 1. The zero-order chi connectivity index (χ0) is 19.1. The number of nitrogens with one attached hydrogen (secondary N) is 3. The summed E-state index contributed by atoms with van der Waals surface area (Å²) in [5.74, 6) is 0.553. The van der Waals surface area contributed by atoms with Crippen molar-refractivity contribution >= 4 is 23.5 Å². The monoisotopic (exact) mass is 366 g/mol. The van der Waals surface area contributed by atoms with E-state index in [1.165, 1.54) is 5.56 Å². The Balaban J connectivity index is 2.48. The Morgan fingerprint density at radius 1 is 1.16 bits per heavy atom. The molecule has 0 fully saturated rings. The maximum Gasteiger partial charge on any atom is 0.239 e. The van der Waals surface area contributed by atoms with Crippen LogP contribution in [0.3, 0.4) is 0 Å². The number of benzene rings is 1. The van der Waals surface area contributed by atoms with Crippen molar-refractivity contribution in [2.45, 2.75) is 46.6 Å². The Morgan fingerprint density at radius 2 is 1.84 bits per heavy atom. The van der Waals surface area contributed by atoms with E-state index in [1.54, 1.807) is 7.05 Å². The zero-order valence-corrected chi connectivity index (χ0v) is 16.9. The van der Waals surface area contributed by atoms with Gasteiger partial charge in [0.2, 0.25) is 5.91 Å². The molecule has 3 N–H and O–H groups in total. The Morgan fingerprint density at radius 3 is 2.40 bits per heavy atom. The predicted molar refractivity (Wildman–Crippen MR) is 106 cm³/mol. The molecule has 6 heteroatoms. The van der Waals surface area contributed by atoms with Crippen LogP contribution in [-0.4, -0.2) is 37.5 Å². The number of amides is 1. The fraction of sp³-hybridized carbons (Fsp3) is 0.579. The van der Waals surface area contributed by atoms with Crippen LogP contribution in [0.1, 0.15) is 40.2 Å². The zero-order valence-electron chi connectivity index (χ0n) is 16.2. The second-order valence-electron chi connectivity index (χ2n) is 8.05. The van der Waals surface area contributed by atoms with Gasteiger partial charge < -0.3 is 16.0 Å². The third kappa shape index (κ3) is 9.34. The van der Waals surface area contributed by atoms with E-state index in [0.717, 1.165) is 18.0 Å². The van der Waals surface area contributed by atoms with Gasteiger partial charge in [-0.2, -0.15) is 0 Å². The molecule has 140 valence electrons. The highest BCUT2D eigenvalue weighted by molar-refractivity contribution is 6.30. The second-order valence-corrected chi connectivity index (χ2v) is 8.48. The fourth-order valence-corrected chi connectivity index (χ4v) is 2.64. The largest absolute Gasteiger partial charge is 0.356 e. The Bertz CT molecular complexity index is 606. The molecule has 1 amide bonds. The first-order valence-electron chi connectivity index (χ1n) is 8.51. The van der Waals surface area contributed by atoms with Crippen molar-refractivity contribution in [3.8, 4) is 0 Å². The van der Waals surface area contributed by atoms with Gasteiger partial charge in [0.25, 0.3) is 0 Å². The van der Waals surface area contributed by atoms with Gasteiger partial charge in [0.15, 0.2) is 5.96 Å². The summed E-state index contributed by atoms with van der Waals surface area (Å²) in [7, 11) is 1.70. The van der Waals surface area contributed by atoms with Crippen molar-refractivity contribution in [2.24, 2.45) is 10.4 Å². The second kappa shape index (κ2) is 9.09. The van der Waals surface area contributed by atoms with Crippen molar-refractivity contribution in [1.82, 2.24) is 16.0 Å². The standard InChI is InChI=1S/C19H31ClN4O/c1-18(2,3)24-16(25)12-22-17(21-6)23-13-19(4,5)11-14-8-7-9-15(20)10-14/h7-10H,11-13H2,1-6H3,(H,24,25)(H2,21,22,23). The van der Waals surface area contributed by atoms with Gasteiger partial charge in [-0.1, -0.05) is 37.6 Å². The molecular weight excluding hydrogens is 336 g/mol. The molecule has 0 saturated heterocycles. The summed E-state index contributed by atoms with van der Waals surface area (Å²) in [4.78, 5) is 16.1. The first kappa shape index (κ1) is 21.3. The number of rotatable bonds is 6. The van der Waals surface area contributed by atoms with Gasteiger partial charge in [0, 0.05) is 24.2 Å². The van der Waals surface area contributed by atoms with Gasteiger partial charge in [-0.05, 0) is 50.3 Å². The minimum Gasteiger partial charge on any atom is -0.356 e. The summed E-state index contributed by atoms with van der Waals surface area (Å²) in [5.41, 5.74) is 0.969. The van der Waals surface area contributed by atoms with Crippen LogP contribution < -0.4 is 16.0 Å². The third-order valence-corrected chi connectivity index (χ3v) is 3.70. The number of carbonyl (C=O) groups excluding carboxylic acids is 1. The summed E-state index contributed by atoms with van der Waals surface area (Å²) >= 11 is 6.06. The first-order chi connectivity index (χ1) is 11.5. The summed E-state index contributed by atoms with van der Waals surface area (Å²) in [6.07, 6.45) is 0.891. The lowest BCUT2D eigenvalue weighted by molar-refractivity contribution is -0.121. The lowest BCUT2D eigenvalue weighted by atomic mass is 9.86. The van der Waals surface area contributed by atoms with Crippen molar-refractivity contribution in [2.75, 3.05) is 20.1 Å². The van der Waals surface area contributed by atoms with Crippen LogP contribution in [0.25, 0.3) is 0 Å². The Kier molecular flexibility index (Phi) is 7.74. The summed E-state index contributed by atoms with van der Waals surface area (Å²) in [5, 5.41) is 10.00. The number of hydrogen-bond acceptors (Lipinski definition) is 2. The Hall–Kier alpha value is -1.75. The van der Waals surface area contributed by atoms with E-state index in [9.17, 15) is 4.79 Å². The van der Waals surface area contributed by atoms with E-state index in [0.29, 0.717) is 5.96 Å². The third-order valence-electron chi connectivity index (χ3n) is 3.46. The summed E-state index contributed by atoms with van der Waals surface area (Å²) in [6, 6.07) is 7.92. The smallest absolute Gasteiger partial charge is 0.239 e. The van der Waals surface area contributed by atoms with Crippen LogP contribution in [0.4, 0.5) is 0 Å². The van der Waals surface area contributed by atoms with E-state index < -0.39 is 0 Å². The normalized spacial score (nSPS) is 12.7. The number of halogens is 1. The molecule has 1 aromatic carbocycles. The predicted octanol–water partition coefficient (Wildman–Crippen LogP) is 2.99. The van der Waals surface area contributed by atoms with Gasteiger partial charge in [-0.15, -0.1) is 0 Å². The van der Waals surface area contributed by atoms with Crippen LogP contribution >= 0.6 is 11.6 Å². The van der Waals surface area contributed by atoms with Gasteiger partial charge in [0.1, 0.15) is 0 Å². The molecule has 0 radical (unpaired) electrons. The molecular formula is C19H31ClN4O. The molecule has 0 spiro atoms. The molecule has 0 atom stereocenters. The highest BCUT2D eigenvalue weighted by Gasteiger charge is 2.20. The molecule has 5 nitrogen and oxygen atoms in total. The van der Waals surface area contributed by atoms with Gasteiger partial charge in [-0.3, -0.25) is 9.79 Å². The average Bonchev–Trinajstić information content (AvgIpc) is 2.45. The van der Waals surface area contributed by atoms with Crippen molar-refractivity contribution in [1.29, 1.82) is 0 Å². The molecule has 0 aliphatic rings. The van der Waals surface area contributed by atoms with Crippen LogP contribution in [0.5, 0.6) is 0 Å². The number of guanidine groups is 1. The molecule has 1 rings (SSSR count). The van der Waals surface area contributed by atoms with Crippen molar-refractivity contribution in [3.63, 3.8) is 0 Å². The van der Waals surface area contributed by atoms with Crippen LogP contribution in [0.15, 0.2) is 29.3 Å². The van der Waals surface area contributed by atoms with Crippen molar-refractivity contribution < 1.29 is 4.79 Å². The molecule has 0 unspecified atom stereocenters. The highest BCUT2D eigenvalue weighted by atomic mass is 35.5. The van der Waals surface area contributed by atoms with E-state index in [2.05, 4.69) is 40.9 Å². The summed E-state index contributed by atoms with van der Waals surface area (Å²) < 4.78 is 0. The molecule has 0 bridgehead atoms. The number of aliphatic imine (C=N–C) groups is 1. The van der Waals surface area contributed by atoms with E-state index >= 15 is 0 Å². The summed E-state index contributed by atoms with van der Waals surface area (Å²) in [6.45, 7) is 11.1. The number of carbonyl (C=O) groups is 1. The molecule has 0 aliphatic carbocycles. The first-order valence-corrected chi connectivity index (χ1v) is 8.88. The van der Waals surface area contributed by atoms with Crippen LogP contribution in [-0.2, 0) is 11.2 Å². The quantitative estimate of drug-likeness (QED) is 0.535. The topological polar surface area (TPSA) is 65.5 Å². The number of hydrogen-bond donors (Lipinski definition) is 3. The van der Waals surface area contributed by atoms with Gasteiger partial charge in [-0.25, -0.2) is 0 Å². The van der Waals surface area contributed by atoms with Gasteiger partial charge in [0.05, 0.1) is 6.54 Å². The maximum atomic E-state index is 11.9. The van der Waals surface area contributed by atoms with Crippen LogP contribution in [0.2, 0.25) is 5.02 Å². The van der Waals surface area contributed by atoms with Crippen LogP contribution in [0, 0.1) is 5.41 Å². The lowest BCUT2D eigenvalue weighted by Crippen LogP contribution is -2.49. The minimum atomic E-state index is -0.241. The SMILES string of the molecule is CN=C(NCC(=O)NC(C)(C)C)NCC(C)(C)Cc1cccc(Cl)c1. The van der Waals surface area contributed by atoms with E-state index in [-0.39, 0.29) is 23.4 Å². The molecule has 0 aromatic heterocycles. The van der Waals surface area contributed by atoms with Gasteiger partial charge >= 0.3 is 0 Å². The minimum absolute atomic E-state index is 0.00989. The molecule has 0 heterocycles. The fourth-order valence-electron chi connectivity index (χ4n) is 2.43. The molecule has 0 saturated carbocycles. The maximum absolute atomic E-state index is 11.9. The highest BCUT2D eigenvalue weighted by Crippen LogP contribution is 2.22. The average molecular weight is 367 g/mol. The van der Waals surface area contributed by atoms with E-state index in [4.69, 9.17) is 11.6 Å². The molecule has 25 heavy (non-hydrogen) atoms. The lowest BCUT2D eigenvalue weighted by Gasteiger charge is -2.26. The van der Waals surface area contributed by atoms with Crippen molar-refractivity contribution in [3.05, 3.63) is 34.9 Å².